The highest BCUT2D eigenvalue weighted by Gasteiger charge is 1.94. The normalized spacial score (nSPS) is 10.5. The van der Waals surface area contributed by atoms with Crippen molar-refractivity contribution in [1.29, 1.82) is 0 Å². The van der Waals surface area contributed by atoms with E-state index in [4.69, 9.17) is 0 Å². The van der Waals surface area contributed by atoms with Gasteiger partial charge in [-0.2, -0.15) is 4.39 Å². The average Bonchev–Trinajstić information content (AvgIpc) is 2.33. The molecule has 0 aliphatic heterocycles. The van der Waals surface area contributed by atoms with Gasteiger partial charge in [0, 0.05) is 17.6 Å². The van der Waals surface area contributed by atoms with Crippen LogP contribution in [-0.4, -0.2) is 9.97 Å². The van der Waals surface area contributed by atoms with Crippen molar-refractivity contribution in [2.75, 3.05) is 0 Å². The van der Waals surface area contributed by atoms with Gasteiger partial charge < -0.3 is 4.98 Å². The molecule has 0 saturated carbocycles. The molecule has 0 aromatic carbocycles. The van der Waals surface area contributed by atoms with Gasteiger partial charge in [0.15, 0.2) is 0 Å². The van der Waals surface area contributed by atoms with Gasteiger partial charge in [0.1, 0.15) is 0 Å². The second kappa shape index (κ2) is 1.80. The lowest BCUT2D eigenvalue weighted by Gasteiger charge is -1.86. The van der Waals surface area contributed by atoms with Crippen molar-refractivity contribution in [3.05, 3.63) is 30.5 Å². The summed E-state index contributed by atoms with van der Waals surface area (Å²) < 4.78 is 12.4. The topological polar surface area (TPSA) is 28.7 Å². The third kappa shape index (κ3) is 0.673. The molecule has 2 nitrogen and oxygen atoms in total. The first-order valence-electron chi connectivity index (χ1n) is 2.95. The number of nitrogens with one attached hydrogen (secondary N) is 1. The summed E-state index contributed by atoms with van der Waals surface area (Å²) in [6.45, 7) is 0. The minimum absolute atomic E-state index is 0.438. The number of H-pyrrole nitrogens is 1. The van der Waals surface area contributed by atoms with E-state index in [0.717, 1.165) is 10.9 Å². The summed E-state index contributed by atoms with van der Waals surface area (Å²) in [5.74, 6) is -0.438. The molecule has 1 N–H and O–H groups in total. The number of halogens is 1. The van der Waals surface area contributed by atoms with Crippen LogP contribution in [0.5, 0.6) is 0 Å². The first-order chi connectivity index (χ1) is 4.86. The van der Waals surface area contributed by atoms with Crippen LogP contribution in [0.2, 0.25) is 0 Å². The summed E-state index contributed by atoms with van der Waals surface area (Å²) >= 11 is 0. The first kappa shape index (κ1) is 5.41. The third-order valence-corrected chi connectivity index (χ3v) is 1.40. The van der Waals surface area contributed by atoms with Crippen molar-refractivity contribution >= 4 is 10.9 Å². The molecule has 0 saturated heterocycles. The summed E-state index contributed by atoms with van der Waals surface area (Å²) in [5.41, 5.74) is 0.862. The van der Waals surface area contributed by atoms with E-state index in [9.17, 15) is 4.39 Å². The highest BCUT2D eigenvalue weighted by molar-refractivity contribution is 5.77. The van der Waals surface area contributed by atoms with Gasteiger partial charge in [-0.1, -0.05) is 0 Å². The second-order valence-electron chi connectivity index (χ2n) is 2.07. The van der Waals surface area contributed by atoms with Crippen molar-refractivity contribution in [1.82, 2.24) is 9.97 Å². The van der Waals surface area contributed by atoms with Crippen molar-refractivity contribution in [3.8, 4) is 0 Å². The zero-order valence-electron chi connectivity index (χ0n) is 5.13. The monoisotopic (exact) mass is 136 g/mol. The molecule has 2 heterocycles. The van der Waals surface area contributed by atoms with Gasteiger partial charge in [0.25, 0.3) is 0 Å². The Hall–Kier alpha value is -1.38. The third-order valence-electron chi connectivity index (χ3n) is 1.40. The zero-order valence-corrected chi connectivity index (χ0v) is 5.13. The minimum Gasteiger partial charge on any atom is -0.360 e. The maximum atomic E-state index is 12.4. The molecular formula is C7H5FN2. The number of aromatic amines is 1. The molecule has 0 atom stereocenters. The van der Waals surface area contributed by atoms with E-state index in [1.165, 1.54) is 12.3 Å². The molecule has 0 spiro atoms. The number of rotatable bonds is 0. The lowest BCUT2D eigenvalue weighted by atomic mass is 10.3. The van der Waals surface area contributed by atoms with Gasteiger partial charge in [-0.3, -0.25) is 0 Å². The van der Waals surface area contributed by atoms with Crippen LogP contribution in [0.1, 0.15) is 0 Å². The maximum Gasteiger partial charge on any atom is 0.213 e. The van der Waals surface area contributed by atoms with Crippen molar-refractivity contribution in [3.63, 3.8) is 0 Å². The van der Waals surface area contributed by atoms with Gasteiger partial charge in [-0.15, -0.1) is 0 Å². The van der Waals surface area contributed by atoms with Crippen LogP contribution in [0.4, 0.5) is 4.39 Å². The fourth-order valence-electron chi connectivity index (χ4n) is 0.924. The van der Waals surface area contributed by atoms with Crippen molar-refractivity contribution in [2.45, 2.75) is 0 Å². The molecule has 0 fully saturated rings. The van der Waals surface area contributed by atoms with E-state index < -0.39 is 5.95 Å². The Bertz CT molecular complexity index is 353. The second-order valence-corrected chi connectivity index (χ2v) is 2.07. The Morgan fingerprint density at radius 1 is 1.50 bits per heavy atom. The van der Waals surface area contributed by atoms with Crippen LogP contribution in [0.25, 0.3) is 10.9 Å². The average molecular weight is 136 g/mol. The molecule has 0 amide bonds. The van der Waals surface area contributed by atoms with Gasteiger partial charge in [-0.05, 0) is 6.07 Å². The molecule has 2 rings (SSSR count). The summed E-state index contributed by atoms with van der Waals surface area (Å²) in [5, 5.41) is 0.854. The molecule has 3 heteroatoms. The highest BCUT2D eigenvalue weighted by atomic mass is 19.1. The van der Waals surface area contributed by atoms with Crippen molar-refractivity contribution < 1.29 is 4.39 Å². The molecule has 0 radical (unpaired) electrons. The lowest BCUT2D eigenvalue weighted by Crippen LogP contribution is -1.78. The Kier molecular flexibility index (Phi) is 0.974. The zero-order chi connectivity index (χ0) is 6.97. The molecule has 0 unspecified atom stereocenters. The van der Waals surface area contributed by atoms with Crippen LogP contribution in [0.15, 0.2) is 24.5 Å². The van der Waals surface area contributed by atoms with Crippen LogP contribution in [-0.2, 0) is 0 Å². The number of nitrogens with zero attached hydrogens (tertiary/aromatic N) is 1. The predicted octanol–water partition coefficient (Wildman–Crippen LogP) is 1.70. The number of hydrogen-bond acceptors (Lipinski definition) is 1. The van der Waals surface area contributed by atoms with Crippen molar-refractivity contribution in [2.24, 2.45) is 0 Å². The molecule has 10 heavy (non-hydrogen) atoms. The van der Waals surface area contributed by atoms with Gasteiger partial charge in [0.05, 0.1) is 11.7 Å². The maximum absolute atomic E-state index is 12.4. The molecule has 2 aromatic heterocycles. The molecule has 50 valence electrons. The summed E-state index contributed by atoms with van der Waals surface area (Å²) in [4.78, 5) is 6.40. The first-order valence-corrected chi connectivity index (χ1v) is 2.95. The quantitative estimate of drug-likeness (QED) is 0.548. The van der Waals surface area contributed by atoms with E-state index >= 15 is 0 Å². The van der Waals surface area contributed by atoms with Crippen LogP contribution in [0, 0.1) is 5.95 Å². The Morgan fingerprint density at radius 3 is 3.30 bits per heavy atom. The van der Waals surface area contributed by atoms with Gasteiger partial charge >= 0.3 is 0 Å². The van der Waals surface area contributed by atoms with E-state index in [2.05, 4.69) is 9.97 Å². The smallest absolute Gasteiger partial charge is 0.213 e. The van der Waals surface area contributed by atoms with Crippen LogP contribution in [0.3, 0.4) is 0 Å². The van der Waals surface area contributed by atoms with E-state index in [0.29, 0.717) is 0 Å². The number of aromatic nitrogens is 2. The fraction of sp³-hybridized carbons (Fsp3) is 0. The largest absolute Gasteiger partial charge is 0.360 e. The van der Waals surface area contributed by atoms with Crippen LogP contribution < -0.4 is 0 Å². The lowest BCUT2D eigenvalue weighted by molar-refractivity contribution is 0.586. The number of hydrogen-bond donors (Lipinski definition) is 1. The Labute approximate surface area is 56.7 Å². The molecule has 0 aliphatic carbocycles. The SMILES string of the molecule is Fc1cc2cc[nH]c2cn1. The van der Waals surface area contributed by atoms with E-state index in [-0.39, 0.29) is 0 Å². The van der Waals surface area contributed by atoms with Gasteiger partial charge in [-0.25, -0.2) is 4.98 Å². The molecule has 0 aliphatic rings. The summed E-state index contributed by atoms with van der Waals surface area (Å²) in [6.07, 6.45) is 3.23. The summed E-state index contributed by atoms with van der Waals surface area (Å²) in [6, 6.07) is 3.20. The highest BCUT2D eigenvalue weighted by Crippen LogP contribution is 2.09. The number of fused-ring (bicyclic) bond motifs is 1. The van der Waals surface area contributed by atoms with Gasteiger partial charge in [0.2, 0.25) is 5.95 Å². The number of pyridine rings is 1. The van der Waals surface area contributed by atoms with Crippen LogP contribution >= 0.6 is 0 Å². The fourth-order valence-corrected chi connectivity index (χ4v) is 0.924. The molecular weight excluding hydrogens is 131 g/mol. The molecule has 0 bridgehead atoms. The molecule has 2 aromatic rings. The standard InChI is InChI=1S/C7H5FN2/c8-7-3-5-1-2-9-6(5)4-10-7/h1-4,9H. The summed E-state index contributed by atoms with van der Waals surface area (Å²) in [7, 11) is 0. The minimum atomic E-state index is -0.438. The Morgan fingerprint density at radius 2 is 2.40 bits per heavy atom. The Balaban J connectivity index is 2.86. The van der Waals surface area contributed by atoms with E-state index in [1.807, 2.05) is 0 Å². The predicted molar refractivity (Wildman–Crippen MR) is 36.1 cm³/mol. The van der Waals surface area contributed by atoms with E-state index in [1.54, 1.807) is 12.3 Å².